The lowest BCUT2D eigenvalue weighted by atomic mass is 10.0. The second-order valence-corrected chi connectivity index (χ2v) is 9.17. The number of hydrogen-bond acceptors (Lipinski definition) is 4. The number of carboxylic acids is 1. The van der Waals surface area contributed by atoms with Gasteiger partial charge in [0.2, 0.25) is 0 Å². The minimum absolute atomic E-state index is 0.0616. The summed E-state index contributed by atoms with van der Waals surface area (Å²) in [5.41, 5.74) is -0.472. The molecule has 2 N–H and O–H groups in total. The zero-order chi connectivity index (χ0) is 26.2. The van der Waals surface area contributed by atoms with Gasteiger partial charge in [0.05, 0.1) is 17.6 Å². The molecule has 4 rings (SSSR count). The van der Waals surface area contributed by atoms with E-state index in [1.807, 2.05) is 0 Å². The molecule has 0 spiro atoms. The van der Waals surface area contributed by atoms with E-state index >= 15 is 0 Å². The second kappa shape index (κ2) is 9.85. The van der Waals surface area contributed by atoms with Crippen LogP contribution in [-0.4, -0.2) is 33.3 Å². The van der Waals surface area contributed by atoms with Gasteiger partial charge >= 0.3 is 12.1 Å². The molecule has 0 aliphatic carbocycles. The third-order valence-electron chi connectivity index (χ3n) is 6.24. The fourth-order valence-corrected chi connectivity index (χ4v) is 4.46. The zero-order valence-electron chi connectivity index (χ0n) is 19.5. The molecule has 1 aliphatic heterocycles. The monoisotopic (exact) mass is 520 g/mol. The predicted octanol–water partition coefficient (Wildman–Crippen LogP) is 5.72. The van der Waals surface area contributed by atoms with Crippen molar-refractivity contribution in [3.8, 4) is 0 Å². The van der Waals surface area contributed by atoms with Crippen LogP contribution in [0.15, 0.2) is 48.5 Å². The van der Waals surface area contributed by atoms with Crippen LogP contribution in [0.2, 0.25) is 5.02 Å². The maximum absolute atomic E-state index is 14.1. The molecule has 1 aromatic heterocycles. The van der Waals surface area contributed by atoms with Gasteiger partial charge in [-0.3, -0.25) is 4.79 Å². The van der Waals surface area contributed by atoms with Gasteiger partial charge in [0.1, 0.15) is 11.4 Å². The van der Waals surface area contributed by atoms with E-state index in [0.29, 0.717) is 29.1 Å². The van der Waals surface area contributed by atoms with Crippen LogP contribution in [0.4, 0.5) is 19.0 Å². The fourth-order valence-electron chi connectivity index (χ4n) is 4.27. The fraction of sp³-hybridized carbons (Fsp3) is 0.320. The number of aromatic carboxylic acids is 1. The van der Waals surface area contributed by atoms with E-state index in [-0.39, 0.29) is 24.0 Å². The zero-order valence-corrected chi connectivity index (χ0v) is 20.3. The van der Waals surface area contributed by atoms with Gasteiger partial charge in [-0.1, -0.05) is 41.9 Å². The van der Waals surface area contributed by atoms with Crippen LogP contribution in [0.3, 0.4) is 0 Å². The van der Waals surface area contributed by atoms with Crippen molar-refractivity contribution >= 4 is 29.3 Å². The average molecular weight is 521 g/mol. The lowest BCUT2D eigenvalue weighted by Crippen LogP contribution is -2.36. The number of alkyl halides is 3. The Bertz CT molecular complexity index is 1290. The highest BCUT2D eigenvalue weighted by molar-refractivity contribution is 6.31. The number of hydrogen-bond donors (Lipinski definition) is 2. The number of nitrogens with zero attached hydrogens (tertiary/aromatic N) is 3. The minimum Gasteiger partial charge on any atom is -0.478 e. The van der Waals surface area contributed by atoms with Crippen molar-refractivity contribution in [3.63, 3.8) is 0 Å². The van der Waals surface area contributed by atoms with E-state index in [0.717, 1.165) is 0 Å². The largest absolute Gasteiger partial charge is 0.478 e. The smallest absolute Gasteiger partial charge is 0.436 e. The number of fused-ring (bicyclic) bond motifs is 1. The highest BCUT2D eigenvalue weighted by Crippen LogP contribution is 2.41. The molecule has 0 fully saturated rings. The van der Waals surface area contributed by atoms with Crippen molar-refractivity contribution in [2.24, 2.45) is 0 Å². The molecule has 3 aromatic rings. The molecule has 190 valence electrons. The van der Waals surface area contributed by atoms with E-state index in [9.17, 15) is 22.8 Å². The number of carboxylic acid groups (broad SMARTS) is 1. The maximum Gasteiger partial charge on any atom is 0.436 e. The van der Waals surface area contributed by atoms with Crippen LogP contribution in [0.5, 0.6) is 0 Å². The summed E-state index contributed by atoms with van der Waals surface area (Å²) >= 11 is 6.30. The van der Waals surface area contributed by atoms with Crippen molar-refractivity contribution in [1.82, 2.24) is 15.1 Å². The summed E-state index contributed by atoms with van der Waals surface area (Å²) < 4.78 is 43.5. The maximum atomic E-state index is 14.1. The van der Waals surface area contributed by atoms with Gasteiger partial charge in [0.25, 0.3) is 5.91 Å². The van der Waals surface area contributed by atoms with Crippen LogP contribution in [0.1, 0.15) is 69.9 Å². The number of rotatable bonds is 6. The van der Waals surface area contributed by atoms with Gasteiger partial charge in [-0.25, -0.2) is 9.48 Å². The third-order valence-corrected chi connectivity index (χ3v) is 6.61. The molecule has 0 bridgehead atoms. The standard InChI is InChI=1S/C25H24ClF3N4O3/c1-14-11-12-32(13-18-5-3-4-6-19(18)26)23-20(21(25(27,28)29)31-33(14)23)22(34)30-15(2)16-7-9-17(10-8-16)24(35)36/h3-10,14-15H,11-13H2,1-2H3,(H,30,34)(H,35,36)/t14-,15+/m1/s1. The molecule has 36 heavy (non-hydrogen) atoms. The molecule has 7 nitrogen and oxygen atoms in total. The van der Waals surface area contributed by atoms with Crippen LogP contribution in [-0.2, 0) is 12.7 Å². The van der Waals surface area contributed by atoms with Gasteiger partial charge in [0, 0.05) is 18.1 Å². The van der Waals surface area contributed by atoms with Crippen molar-refractivity contribution in [2.45, 2.75) is 45.1 Å². The Morgan fingerprint density at radius 2 is 1.86 bits per heavy atom. The van der Waals surface area contributed by atoms with Gasteiger partial charge in [-0.05, 0) is 49.6 Å². The number of carbonyl (C=O) groups is 2. The first-order chi connectivity index (χ1) is 17.0. The summed E-state index contributed by atoms with van der Waals surface area (Å²) in [5, 5.41) is 16.0. The molecule has 11 heteroatoms. The molecule has 1 aliphatic rings. The number of amides is 1. The predicted molar refractivity (Wildman–Crippen MR) is 128 cm³/mol. The van der Waals surface area contributed by atoms with E-state index in [4.69, 9.17) is 16.7 Å². The SMILES string of the molecule is C[C@H](NC(=O)c1c(C(F)(F)F)nn2c1N(Cc1ccccc1Cl)CC[C@H]2C)c1ccc(C(=O)O)cc1. The Labute approximate surface area is 210 Å². The summed E-state index contributed by atoms with van der Waals surface area (Å²) in [6.07, 6.45) is -4.30. The lowest BCUT2D eigenvalue weighted by molar-refractivity contribution is -0.141. The topological polar surface area (TPSA) is 87.5 Å². The summed E-state index contributed by atoms with van der Waals surface area (Å²) in [6.45, 7) is 4.00. The van der Waals surface area contributed by atoms with Crippen molar-refractivity contribution in [2.75, 3.05) is 11.4 Å². The van der Waals surface area contributed by atoms with Gasteiger partial charge in [-0.15, -0.1) is 0 Å². The molecular weight excluding hydrogens is 497 g/mol. The van der Waals surface area contributed by atoms with Crippen LogP contribution in [0.25, 0.3) is 0 Å². The number of benzene rings is 2. The number of halogens is 4. The number of anilines is 1. The molecular formula is C25H24ClF3N4O3. The molecule has 2 aromatic carbocycles. The molecule has 2 heterocycles. The first-order valence-corrected chi connectivity index (χ1v) is 11.7. The lowest BCUT2D eigenvalue weighted by Gasteiger charge is -2.34. The van der Waals surface area contributed by atoms with E-state index in [2.05, 4.69) is 10.4 Å². The molecule has 0 saturated heterocycles. The average Bonchev–Trinajstić information content (AvgIpc) is 3.25. The highest BCUT2D eigenvalue weighted by Gasteiger charge is 2.44. The van der Waals surface area contributed by atoms with Crippen molar-refractivity contribution in [3.05, 3.63) is 81.5 Å². The number of aromatic nitrogens is 2. The first kappa shape index (κ1) is 25.6. The van der Waals surface area contributed by atoms with E-state index in [1.54, 1.807) is 43.0 Å². The molecule has 0 unspecified atom stereocenters. The third kappa shape index (κ3) is 5.04. The Morgan fingerprint density at radius 3 is 2.47 bits per heavy atom. The highest BCUT2D eigenvalue weighted by atomic mass is 35.5. The molecule has 1 amide bonds. The Balaban J connectivity index is 1.72. The first-order valence-electron chi connectivity index (χ1n) is 11.3. The number of carbonyl (C=O) groups excluding carboxylic acids is 1. The quantitative estimate of drug-likeness (QED) is 0.434. The van der Waals surface area contributed by atoms with Crippen molar-refractivity contribution in [1.29, 1.82) is 0 Å². The van der Waals surface area contributed by atoms with Crippen LogP contribution >= 0.6 is 11.6 Å². The van der Waals surface area contributed by atoms with Gasteiger partial charge < -0.3 is 15.3 Å². The summed E-state index contributed by atoms with van der Waals surface area (Å²) in [5.74, 6) is -1.93. The van der Waals surface area contributed by atoms with Gasteiger partial charge in [-0.2, -0.15) is 18.3 Å². The Hall–Kier alpha value is -3.53. The van der Waals surface area contributed by atoms with Crippen LogP contribution < -0.4 is 10.2 Å². The molecule has 2 atom stereocenters. The van der Waals surface area contributed by atoms with Crippen LogP contribution in [0, 0.1) is 0 Å². The minimum atomic E-state index is -4.85. The molecule has 0 radical (unpaired) electrons. The van der Waals surface area contributed by atoms with Gasteiger partial charge in [0.15, 0.2) is 5.69 Å². The summed E-state index contributed by atoms with van der Waals surface area (Å²) in [4.78, 5) is 26.2. The second-order valence-electron chi connectivity index (χ2n) is 8.76. The molecule has 0 saturated carbocycles. The normalized spacial score (nSPS) is 16.4. The summed E-state index contributed by atoms with van der Waals surface area (Å²) in [7, 11) is 0. The van der Waals surface area contributed by atoms with Crippen molar-refractivity contribution < 1.29 is 27.9 Å². The van der Waals surface area contributed by atoms with E-state index < -0.39 is 35.4 Å². The Morgan fingerprint density at radius 1 is 1.19 bits per heavy atom. The van der Waals surface area contributed by atoms with E-state index in [1.165, 1.54) is 28.9 Å². The number of nitrogens with one attached hydrogen (secondary N) is 1. The Kier molecular flexibility index (Phi) is 6.99. The summed E-state index contributed by atoms with van der Waals surface area (Å²) in [6, 6.07) is 11.8.